The van der Waals surface area contributed by atoms with Gasteiger partial charge in [-0.15, -0.1) is 11.3 Å². The number of rotatable bonds is 8. The smallest absolute Gasteiger partial charge is 0.263 e. The summed E-state index contributed by atoms with van der Waals surface area (Å²) in [6.45, 7) is 1.62. The van der Waals surface area contributed by atoms with Gasteiger partial charge in [-0.2, -0.15) is 4.31 Å². The fourth-order valence-corrected chi connectivity index (χ4v) is 6.22. The average Bonchev–Trinajstić information content (AvgIpc) is 3.50. The van der Waals surface area contributed by atoms with Crippen molar-refractivity contribution in [1.82, 2.24) is 14.6 Å². The highest BCUT2D eigenvalue weighted by Gasteiger charge is 2.31. The predicted octanol–water partition coefficient (Wildman–Crippen LogP) is 3.44. The molecular weight excluding hydrogens is 434 g/mol. The number of nitrogens with zero attached hydrogens (tertiary/aromatic N) is 2. The number of carbonyl (C=O) groups is 1. The maximum Gasteiger partial charge on any atom is 0.263 e. The molecule has 1 fully saturated rings. The van der Waals surface area contributed by atoms with E-state index in [1.54, 1.807) is 11.6 Å². The molecule has 3 aromatic rings. The van der Waals surface area contributed by atoms with Crippen LogP contribution in [-0.2, 0) is 23.2 Å². The highest BCUT2D eigenvalue weighted by atomic mass is 32.2. The van der Waals surface area contributed by atoms with E-state index in [1.165, 1.54) is 10.4 Å². The molecule has 162 valence electrons. The van der Waals surface area contributed by atoms with Crippen molar-refractivity contribution >= 4 is 27.3 Å². The number of carbonyl (C=O) groups excluding carboxylic acids is 1. The number of nitrogens with one attached hydrogen (secondary N) is 1. The number of benzene rings is 1. The van der Waals surface area contributed by atoms with Crippen molar-refractivity contribution in [1.29, 1.82) is 0 Å². The number of pyridine rings is 1. The fourth-order valence-electron chi connectivity index (χ4n) is 3.38. The molecule has 0 atom stereocenters. The van der Waals surface area contributed by atoms with Crippen LogP contribution in [0.2, 0.25) is 0 Å². The Morgan fingerprint density at radius 3 is 2.74 bits per heavy atom. The van der Waals surface area contributed by atoms with E-state index in [4.69, 9.17) is 4.74 Å². The first-order chi connectivity index (χ1) is 15.0. The van der Waals surface area contributed by atoms with Gasteiger partial charge >= 0.3 is 0 Å². The van der Waals surface area contributed by atoms with Gasteiger partial charge in [0.1, 0.15) is 22.1 Å². The van der Waals surface area contributed by atoms with Crippen molar-refractivity contribution < 1.29 is 17.9 Å². The summed E-state index contributed by atoms with van der Waals surface area (Å²) in [7, 11) is -3.64. The minimum absolute atomic E-state index is 0.0874. The zero-order chi connectivity index (χ0) is 21.7. The van der Waals surface area contributed by atoms with Gasteiger partial charge < -0.3 is 10.1 Å². The van der Waals surface area contributed by atoms with E-state index < -0.39 is 15.9 Å². The summed E-state index contributed by atoms with van der Waals surface area (Å²) in [6, 6.07) is 14.6. The normalized spacial score (nSPS) is 14.5. The lowest BCUT2D eigenvalue weighted by Gasteiger charge is -2.15. The maximum atomic E-state index is 12.9. The molecule has 1 amide bonds. The Balaban J connectivity index is 1.39. The molecule has 0 radical (unpaired) electrons. The first-order valence-corrected chi connectivity index (χ1v) is 12.3. The number of sulfonamides is 1. The van der Waals surface area contributed by atoms with Crippen LogP contribution >= 0.6 is 11.3 Å². The molecule has 0 saturated carbocycles. The summed E-state index contributed by atoms with van der Waals surface area (Å²) < 4.78 is 32.9. The topological polar surface area (TPSA) is 88.6 Å². The van der Waals surface area contributed by atoms with Gasteiger partial charge in [0.15, 0.2) is 0 Å². The molecule has 0 spiro atoms. The zero-order valence-corrected chi connectivity index (χ0v) is 18.5. The lowest BCUT2D eigenvalue weighted by Crippen LogP contribution is -2.30. The molecule has 3 heterocycles. The van der Waals surface area contributed by atoms with Gasteiger partial charge in [0.2, 0.25) is 10.0 Å². The van der Waals surface area contributed by atoms with Crippen LogP contribution in [0.25, 0.3) is 0 Å². The second-order valence-corrected chi connectivity index (χ2v) is 9.99. The second kappa shape index (κ2) is 9.59. The number of aromatic nitrogens is 1. The Bertz CT molecular complexity index is 1140. The number of thiophene rings is 1. The summed E-state index contributed by atoms with van der Waals surface area (Å²) in [5.41, 5.74) is 1.68. The molecule has 9 heteroatoms. The third-order valence-electron chi connectivity index (χ3n) is 4.98. The van der Waals surface area contributed by atoms with E-state index in [1.807, 2.05) is 42.5 Å². The number of amides is 1. The summed E-state index contributed by atoms with van der Waals surface area (Å²) >= 11 is 1.14. The predicted molar refractivity (Wildman–Crippen MR) is 118 cm³/mol. The van der Waals surface area contributed by atoms with E-state index in [0.717, 1.165) is 35.4 Å². The summed E-state index contributed by atoms with van der Waals surface area (Å²) in [6.07, 6.45) is 3.42. The van der Waals surface area contributed by atoms with E-state index >= 15 is 0 Å². The standard InChI is InChI=1S/C22H23N3O4S2/c26-22(21-20(9-13-30-21)31(27,28)25-11-3-4-12-25)24-15-17-6-5-8-19(14-17)29-16-18-7-1-2-10-23-18/h1-2,5-10,13-14H,3-4,11-12,15-16H2,(H,24,26). The molecule has 1 aliphatic heterocycles. The Morgan fingerprint density at radius 2 is 1.97 bits per heavy atom. The third kappa shape index (κ3) is 5.12. The molecule has 31 heavy (non-hydrogen) atoms. The van der Waals surface area contributed by atoms with Crippen molar-refractivity contribution in [2.45, 2.75) is 30.9 Å². The van der Waals surface area contributed by atoms with E-state index in [2.05, 4.69) is 10.3 Å². The minimum Gasteiger partial charge on any atom is -0.487 e. The van der Waals surface area contributed by atoms with Crippen LogP contribution in [0.1, 0.15) is 33.8 Å². The number of hydrogen-bond donors (Lipinski definition) is 1. The monoisotopic (exact) mass is 457 g/mol. The first-order valence-electron chi connectivity index (χ1n) is 10.0. The molecule has 0 bridgehead atoms. The van der Waals surface area contributed by atoms with E-state index in [-0.39, 0.29) is 16.3 Å². The van der Waals surface area contributed by atoms with Crippen LogP contribution in [0.3, 0.4) is 0 Å². The van der Waals surface area contributed by atoms with Gasteiger partial charge in [0.25, 0.3) is 5.91 Å². The highest BCUT2D eigenvalue weighted by Crippen LogP contribution is 2.27. The maximum absolute atomic E-state index is 12.9. The zero-order valence-electron chi connectivity index (χ0n) is 16.9. The van der Waals surface area contributed by atoms with Crippen molar-refractivity contribution in [2.24, 2.45) is 0 Å². The molecule has 4 rings (SSSR count). The van der Waals surface area contributed by atoms with Gasteiger partial charge in [-0.05, 0) is 54.1 Å². The van der Waals surface area contributed by atoms with Crippen LogP contribution in [0.4, 0.5) is 0 Å². The van der Waals surface area contributed by atoms with Crippen molar-refractivity contribution in [3.63, 3.8) is 0 Å². The van der Waals surface area contributed by atoms with E-state index in [9.17, 15) is 13.2 Å². The van der Waals surface area contributed by atoms with Crippen molar-refractivity contribution in [2.75, 3.05) is 13.1 Å². The minimum atomic E-state index is -3.64. The van der Waals surface area contributed by atoms with Crippen LogP contribution in [0.5, 0.6) is 5.75 Å². The molecule has 2 aromatic heterocycles. The molecule has 1 aromatic carbocycles. The van der Waals surface area contributed by atoms with Crippen LogP contribution in [-0.4, -0.2) is 36.7 Å². The largest absolute Gasteiger partial charge is 0.487 e. The van der Waals surface area contributed by atoms with Crippen molar-refractivity contribution in [3.8, 4) is 5.75 Å². The third-order valence-corrected chi connectivity index (χ3v) is 7.97. The molecule has 0 unspecified atom stereocenters. The Labute approximate surface area is 185 Å². The molecule has 1 saturated heterocycles. The van der Waals surface area contributed by atoms with E-state index in [0.29, 0.717) is 25.4 Å². The van der Waals surface area contributed by atoms with Gasteiger partial charge in [-0.3, -0.25) is 9.78 Å². The molecule has 7 nitrogen and oxygen atoms in total. The molecular formula is C22H23N3O4S2. The quantitative estimate of drug-likeness (QED) is 0.560. The lowest BCUT2D eigenvalue weighted by atomic mass is 10.2. The van der Waals surface area contributed by atoms with Crippen LogP contribution in [0.15, 0.2) is 65.0 Å². The number of ether oxygens (including phenoxy) is 1. The molecule has 1 aliphatic rings. The molecule has 1 N–H and O–H groups in total. The summed E-state index contributed by atoms with van der Waals surface area (Å²) in [4.78, 5) is 17.3. The average molecular weight is 458 g/mol. The van der Waals surface area contributed by atoms with Gasteiger partial charge in [-0.25, -0.2) is 8.42 Å². The lowest BCUT2D eigenvalue weighted by molar-refractivity contribution is 0.0952. The van der Waals surface area contributed by atoms with Crippen molar-refractivity contribution in [3.05, 3.63) is 76.2 Å². The second-order valence-electron chi connectivity index (χ2n) is 7.17. The van der Waals surface area contributed by atoms with Crippen LogP contribution < -0.4 is 10.1 Å². The fraction of sp³-hybridized carbons (Fsp3) is 0.273. The SMILES string of the molecule is O=C(NCc1cccc(OCc2ccccn2)c1)c1sccc1S(=O)(=O)N1CCCC1. The highest BCUT2D eigenvalue weighted by molar-refractivity contribution is 7.89. The summed E-state index contributed by atoms with van der Waals surface area (Å²) in [5, 5.41) is 4.47. The Morgan fingerprint density at radius 1 is 1.13 bits per heavy atom. The Kier molecular flexibility index (Phi) is 6.64. The number of hydrogen-bond acceptors (Lipinski definition) is 6. The van der Waals surface area contributed by atoms with Gasteiger partial charge in [-0.1, -0.05) is 18.2 Å². The summed E-state index contributed by atoms with van der Waals surface area (Å²) in [5.74, 6) is 0.276. The first kappa shape index (κ1) is 21.5. The van der Waals surface area contributed by atoms with Gasteiger partial charge in [0.05, 0.1) is 5.69 Å². The van der Waals surface area contributed by atoms with Gasteiger partial charge in [0, 0.05) is 25.8 Å². The van der Waals surface area contributed by atoms with Crippen LogP contribution in [0, 0.1) is 0 Å². The molecule has 0 aliphatic carbocycles. The Hall–Kier alpha value is -2.75.